The van der Waals surface area contributed by atoms with Crippen molar-refractivity contribution in [3.8, 4) is 5.75 Å². The maximum absolute atomic E-state index is 13.3. The van der Waals surface area contributed by atoms with Gasteiger partial charge in [-0.15, -0.1) is 0 Å². The molecule has 0 heterocycles. The number of amides is 1. The topological polar surface area (TPSA) is 75.7 Å². The van der Waals surface area contributed by atoms with Crippen LogP contribution in [0.1, 0.15) is 11.1 Å². The van der Waals surface area contributed by atoms with E-state index in [0.717, 1.165) is 25.7 Å². The van der Waals surface area contributed by atoms with Gasteiger partial charge in [-0.2, -0.15) is 0 Å². The molecular formula is C24H25BrN2O4S. The van der Waals surface area contributed by atoms with Crippen LogP contribution in [0, 0.1) is 6.92 Å². The Morgan fingerprint density at radius 3 is 2.19 bits per heavy atom. The number of carbonyl (C=O) groups excluding carboxylic acids is 1. The van der Waals surface area contributed by atoms with E-state index in [0.29, 0.717) is 18.7 Å². The van der Waals surface area contributed by atoms with Crippen molar-refractivity contribution in [1.82, 2.24) is 5.32 Å². The average molecular weight is 517 g/mol. The van der Waals surface area contributed by atoms with Crippen LogP contribution in [0.3, 0.4) is 0 Å². The first-order valence-corrected chi connectivity index (χ1v) is 12.3. The fourth-order valence-corrected chi connectivity index (χ4v) is 4.77. The first-order chi connectivity index (χ1) is 15.3. The zero-order valence-electron chi connectivity index (χ0n) is 17.9. The predicted molar refractivity (Wildman–Crippen MR) is 130 cm³/mol. The zero-order chi connectivity index (χ0) is 23.1. The lowest BCUT2D eigenvalue weighted by Crippen LogP contribution is -2.41. The van der Waals surface area contributed by atoms with Crippen molar-refractivity contribution in [3.63, 3.8) is 0 Å². The minimum atomic E-state index is -3.92. The molecule has 1 N–H and O–H groups in total. The number of halogens is 1. The molecule has 0 saturated carbocycles. The summed E-state index contributed by atoms with van der Waals surface area (Å²) in [6.45, 7) is 1.96. The van der Waals surface area contributed by atoms with Gasteiger partial charge in [-0.05, 0) is 67.4 Å². The molecule has 0 saturated heterocycles. The Kier molecular flexibility index (Phi) is 7.93. The molecule has 6 nitrogen and oxygen atoms in total. The molecule has 168 valence electrons. The highest BCUT2D eigenvalue weighted by molar-refractivity contribution is 9.10. The van der Waals surface area contributed by atoms with E-state index >= 15 is 0 Å². The van der Waals surface area contributed by atoms with Crippen molar-refractivity contribution in [2.75, 3.05) is 24.5 Å². The maximum atomic E-state index is 13.3. The highest BCUT2D eigenvalue weighted by atomic mass is 79.9. The largest absolute Gasteiger partial charge is 0.497 e. The molecule has 3 aromatic carbocycles. The van der Waals surface area contributed by atoms with Crippen LogP contribution in [0.4, 0.5) is 5.69 Å². The Bertz CT molecular complexity index is 1150. The minimum absolute atomic E-state index is 0.136. The van der Waals surface area contributed by atoms with Crippen molar-refractivity contribution in [1.29, 1.82) is 0 Å². The number of carbonyl (C=O) groups is 1. The number of hydrogen-bond acceptors (Lipinski definition) is 4. The third kappa shape index (κ3) is 6.11. The number of methoxy groups -OCH3 is 1. The summed E-state index contributed by atoms with van der Waals surface area (Å²) in [5.74, 6) is 0.390. The fraction of sp³-hybridized carbons (Fsp3) is 0.208. The smallest absolute Gasteiger partial charge is 0.264 e. The number of rotatable bonds is 9. The summed E-state index contributed by atoms with van der Waals surface area (Å²) >= 11 is 3.36. The Hall–Kier alpha value is -2.84. The van der Waals surface area contributed by atoms with E-state index in [4.69, 9.17) is 4.74 Å². The number of nitrogens with zero attached hydrogens (tertiary/aromatic N) is 1. The van der Waals surface area contributed by atoms with Crippen LogP contribution < -0.4 is 14.4 Å². The van der Waals surface area contributed by atoms with Gasteiger partial charge < -0.3 is 10.1 Å². The minimum Gasteiger partial charge on any atom is -0.497 e. The van der Waals surface area contributed by atoms with Crippen molar-refractivity contribution in [2.45, 2.75) is 18.2 Å². The van der Waals surface area contributed by atoms with Gasteiger partial charge in [-0.3, -0.25) is 9.10 Å². The number of sulfonamides is 1. The molecule has 0 spiro atoms. The summed E-state index contributed by atoms with van der Waals surface area (Å²) in [4.78, 5) is 12.8. The lowest BCUT2D eigenvalue weighted by Gasteiger charge is -2.24. The van der Waals surface area contributed by atoms with Crippen molar-refractivity contribution < 1.29 is 17.9 Å². The van der Waals surface area contributed by atoms with Crippen LogP contribution in [0.5, 0.6) is 5.75 Å². The summed E-state index contributed by atoms with van der Waals surface area (Å²) in [6, 6.07) is 21.0. The van der Waals surface area contributed by atoms with E-state index in [1.54, 1.807) is 55.6 Å². The Morgan fingerprint density at radius 2 is 1.59 bits per heavy atom. The van der Waals surface area contributed by atoms with Gasteiger partial charge in [0.25, 0.3) is 10.0 Å². The molecule has 0 aliphatic heterocycles. The molecular weight excluding hydrogens is 492 g/mol. The van der Waals surface area contributed by atoms with Crippen LogP contribution in [-0.2, 0) is 21.2 Å². The molecule has 0 aromatic heterocycles. The summed E-state index contributed by atoms with van der Waals surface area (Å²) < 4.78 is 33.8. The molecule has 0 fully saturated rings. The number of anilines is 1. The highest BCUT2D eigenvalue weighted by Gasteiger charge is 2.27. The number of nitrogens with one attached hydrogen (secondary N) is 1. The van der Waals surface area contributed by atoms with Gasteiger partial charge >= 0.3 is 0 Å². The summed E-state index contributed by atoms with van der Waals surface area (Å²) in [5, 5.41) is 2.82. The Morgan fingerprint density at radius 1 is 0.969 bits per heavy atom. The van der Waals surface area contributed by atoms with Crippen LogP contribution in [0.15, 0.2) is 82.2 Å². The molecule has 0 aliphatic rings. The summed E-state index contributed by atoms with van der Waals surface area (Å²) in [5.41, 5.74) is 2.41. The van der Waals surface area contributed by atoms with Gasteiger partial charge in [-0.1, -0.05) is 45.8 Å². The average Bonchev–Trinajstić information content (AvgIpc) is 2.79. The van der Waals surface area contributed by atoms with Gasteiger partial charge in [0.15, 0.2) is 0 Å². The SMILES string of the molecule is COc1ccc(CCNC(=O)CN(c2ccc(Br)cc2)S(=O)(=O)c2ccc(C)cc2)cc1. The molecule has 32 heavy (non-hydrogen) atoms. The third-order valence-corrected chi connectivity index (χ3v) is 7.22. The molecule has 0 radical (unpaired) electrons. The van der Waals surface area contributed by atoms with E-state index in [9.17, 15) is 13.2 Å². The normalized spacial score (nSPS) is 11.1. The standard InChI is InChI=1S/C24H25BrN2O4S/c1-18-3-13-23(14-4-18)32(29,30)27(21-9-7-20(25)8-10-21)17-24(28)26-16-15-19-5-11-22(31-2)12-6-19/h3-14H,15-17H2,1-2H3,(H,26,28). The first kappa shape index (κ1) is 23.8. The summed E-state index contributed by atoms with van der Waals surface area (Å²) in [7, 11) is -2.31. The van der Waals surface area contributed by atoms with Crippen LogP contribution >= 0.6 is 15.9 Å². The van der Waals surface area contributed by atoms with Gasteiger partial charge in [-0.25, -0.2) is 8.42 Å². The van der Waals surface area contributed by atoms with Crippen molar-refractivity contribution in [3.05, 3.63) is 88.4 Å². The lowest BCUT2D eigenvalue weighted by molar-refractivity contribution is -0.119. The van der Waals surface area contributed by atoms with Gasteiger partial charge in [0.05, 0.1) is 17.7 Å². The van der Waals surface area contributed by atoms with Crippen LogP contribution in [0.25, 0.3) is 0 Å². The number of ether oxygens (including phenoxy) is 1. The van der Waals surface area contributed by atoms with Crippen molar-refractivity contribution in [2.24, 2.45) is 0 Å². The Labute approximate surface area is 197 Å². The predicted octanol–water partition coefficient (Wildman–Crippen LogP) is 4.32. The molecule has 0 unspecified atom stereocenters. The first-order valence-electron chi connectivity index (χ1n) is 10.0. The molecule has 3 aromatic rings. The third-order valence-electron chi connectivity index (χ3n) is 4.91. The second kappa shape index (κ2) is 10.7. The zero-order valence-corrected chi connectivity index (χ0v) is 20.3. The molecule has 0 atom stereocenters. The molecule has 1 amide bonds. The fourth-order valence-electron chi connectivity index (χ4n) is 3.08. The van der Waals surface area contributed by atoms with Gasteiger partial charge in [0.2, 0.25) is 5.91 Å². The monoisotopic (exact) mass is 516 g/mol. The number of aryl methyl sites for hydroxylation is 1. The van der Waals surface area contributed by atoms with E-state index in [2.05, 4.69) is 21.2 Å². The molecule has 0 aliphatic carbocycles. The van der Waals surface area contributed by atoms with Gasteiger partial charge in [0.1, 0.15) is 12.3 Å². The second-order valence-corrected chi connectivity index (χ2v) is 10.0. The van der Waals surface area contributed by atoms with E-state index in [1.165, 1.54) is 0 Å². The summed E-state index contributed by atoms with van der Waals surface area (Å²) in [6.07, 6.45) is 0.624. The van der Waals surface area contributed by atoms with E-state index in [-0.39, 0.29) is 17.3 Å². The number of hydrogen-bond donors (Lipinski definition) is 1. The highest BCUT2D eigenvalue weighted by Crippen LogP contribution is 2.25. The quantitative estimate of drug-likeness (QED) is 0.459. The van der Waals surface area contributed by atoms with E-state index in [1.807, 2.05) is 31.2 Å². The van der Waals surface area contributed by atoms with E-state index < -0.39 is 10.0 Å². The molecule has 8 heteroatoms. The molecule has 3 rings (SSSR count). The Balaban J connectivity index is 1.73. The van der Waals surface area contributed by atoms with Gasteiger partial charge in [0, 0.05) is 11.0 Å². The van der Waals surface area contributed by atoms with Crippen LogP contribution in [-0.4, -0.2) is 34.5 Å². The van der Waals surface area contributed by atoms with Crippen molar-refractivity contribution >= 4 is 37.5 Å². The van der Waals surface area contributed by atoms with Crippen LogP contribution in [0.2, 0.25) is 0 Å². The maximum Gasteiger partial charge on any atom is 0.264 e. The number of benzene rings is 3. The lowest BCUT2D eigenvalue weighted by atomic mass is 10.1. The molecule has 0 bridgehead atoms. The second-order valence-electron chi connectivity index (χ2n) is 7.25.